The van der Waals surface area contributed by atoms with E-state index in [1.165, 1.54) is 0 Å². The van der Waals surface area contributed by atoms with Crippen molar-refractivity contribution in [3.8, 4) is 0 Å². The molecule has 0 spiro atoms. The van der Waals surface area contributed by atoms with Gasteiger partial charge in [-0.05, 0) is 5.92 Å². The SMILES string of the molecule is CC(C)CNc1ncc(CN)cn1. The average molecular weight is 180 g/mol. The quantitative estimate of drug-likeness (QED) is 0.725. The lowest BCUT2D eigenvalue weighted by atomic mass is 10.2. The minimum absolute atomic E-state index is 0.491. The number of hydrogen-bond donors (Lipinski definition) is 2. The third-order valence-electron chi connectivity index (χ3n) is 1.61. The van der Waals surface area contributed by atoms with Crippen LogP contribution < -0.4 is 11.1 Å². The smallest absolute Gasteiger partial charge is 0.222 e. The lowest BCUT2D eigenvalue weighted by Gasteiger charge is -2.06. The van der Waals surface area contributed by atoms with E-state index >= 15 is 0 Å². The van der Waals surface area contributed by atoms with Crippen molar-refractivity contribution in [1.29, 1.82) is 0 Å². The summed E-state index contributed by atoms with van der Waals surface area (Å²) >= 11 is 0. The van der Waals surface area contributed by atoms with Crippen molar-refractivity contribution in [2.75, 3.05) is 11.9 Å². The number of nitrogens with two attached hydrogens (primary N) is 1. The normalized spacial score (nSPS) is 10.5. The molecular formula is C9H16N4. The van der Waals surface area contributed by atoms with E-state index < -0.39 is 0 Å². The second-order valence-electron chi connectivity index (χ2n) is 3.39. The molecule has 72 valence electrons. The van der Waals surface area contributed by atoms with Crippen LogP contribution in [-0.4, -0.2) is 16.5 Å². The van der Waals surface area contributed by atoms with Crippen LogP contribution in [0, 0.1) is 5.92 Å². The molecule has 0 atom stereocenters. The van der Waals surface area contributed by atoms with Crippen LogP contribution in [0.4, 0.5) is 5.95 Å². The predicted molar refractivity (Wildman–Crippen MR) is 53.3 cm³/mol. The van der Waals surface area contributed by atoms with Gasteiger partial charge in [-0.1, -0.05) is 13.8 Å². The van der Waals surface area contributed by atoms with Crippen molar-refractivity contribution >= 4 is 5.95 Å². The molecule has 0 aliphatic heterocycles. The summed E-state index contributed by atoms with van der Waals surface area (Å²) in [6.45, 7) is 5.66. The lowest BCUT2D eigenvalue weighted by Crippen LogP contribution is -2.10. The van der Waals surface area contributed by atoms with Crippen molar-refractivity contribution in [1.82, 2.24) is 9.97 Å². The third-order valence-corrected chi connectivity index (χ3v) is 1.61. The largest absolute Gasteiger partial charge is 0.354 e. The molecule has 1 heterocycles. The summed E-state index contributed by atoms with van der Waals surface area (Å²) in [6, 6.07) is 0. The first-order chi connectivity index (χ1) is 6.22. The summed E-state index contributed by atoms with van der Waals surface area (Å²) in [7, 11) is 0. The van der Waals surface area contributed by atoms with Gasteiger partial charge in [0.15, 0.2) is 0 Å². The van der Waals surface area contributed by atoms with Crippen molar-refractivity contribution in [3.63, 3.8) is 0 Å². The number of aromatic nitrogens is 2. The van der Waals surface area contributed by atoms with Crippen LogP contribution in [0.5, 0.6) is 0 Å². The Bertz CT molecular complexity index is 242. The standard InChI is InChI=1S/C9H16N4/c1-7(2)4-11-9-12-5-8(3-10)6-13-9/h5-7H,3-4,10H2,1-2H3,(H,11,12,13). The third kappa shape index (κ3) is 3.38. The van der Waals surface area contributed by atoms with Gasteiger partial charge < -0.3 is 11.1 Å². The van der Waals surface area contributed by atoms with Crippen LogP contribution in [0.3, 0.4) is 0 Å². The summed E-state index contributed by atoms with van der Waals surface area (Å²) in [5.41, 5.74) is 6.38. The Kier molecular flexibility index (Phi) is 3.64. The van der Waals surface area contributed by atoms with Crippen molar-refractivity contribution in [2.45, 2.75) is 20.4 Å². The lowest BCUT2D eigenvalue weighted by molar-refractivity contribution is 0.684. The Morgan fingerprint density at radius 1 is 1.38 bits per heavy atom. The Balaban J connectivity index is 2.49. The van der Waals surface area contributed by atoms with E-state index in [9.17, 15) is 0 Å². The molecule has 0 saturated heterocycles. The summed E-state index contributed by atoms with van der Waals surface area (Å²) in [6.07, 6.45) is 3.49. The number of rotatable bonds is 4. The van der Waals surface area contributed by atoms with E-state index in [-0.39, 0.29) is 0 Å². The van der Waals surface area contributed by atoms with Crippen LogP contribution in [-0.2, 0) is 6.54 Å². The molecule has 3 N–H and O–H groups in total. The molecule has 13 heavy (non-hydrogen) atoms. The zero-order valence-electron chi connectivity index (χ0n) is 8.12. The predicted octanol–water partition coefficient (Wildman–Crippen LogP) is 1.00. The number of anilines is 1. The molecule has 0 unspecified atom stereocenters. The highest BCUT2D eigenvalue weighted by Gasteiger charge is 1.97. The molecule has 4 heteroatoms. The van der Waals surface area contributed by atoms with E-state index in [0.29, 0.717) is 18.4 Å². The molecule has 1 aromatic heterocycles. The Morgan fingerprint density at radius 3 is 2.46 bits per heavy atom. The molecule has 0 amide bonds. The zero-order chi connectivity index (χ0) is 9.68. The second kappa shape index (κ2) is 4.77. The highest BCUT2D eigenvalue weighted by atomic mass is 15.1. The number of hydrogen-bond acceptors (Lipinski definition) is 4. The van der Waals surface area contributed by atoms with Crippen molar-refractivity contribution in [2.24, 2.45) is 11.7 Å². The molecular weight excluding hydrogens is 164 g/mol. The van der Waals surface area contributed by atoms with Gasteiger partial charge in [-0.3, -0.25) is 0 Å². The topological polar surface area (TPSA) is 63.8 Å². The van der Waals surface area contributed by atoms with Gasteiger partial charge in [0.2, 0.25) is 5.95 Å². The van der Waals surface area contributed by atoms with Gasteiger partial charge in [0.25, 0.3) is 0 Å². The Morgan fingerprint density at radius 2 is 2.00 bits per heavy atom. The fourth-order valence-corrected chi connectivity index (χ4v) is 0.847. The minimum atomic E-state index is 0.491. The van der Waals surface area contributed by atoms with E-state index in [2.05, 4.69) is 29.1 Å². The summed E-state index contributed by atoms with van der Waals surface area (Å²) in [4.78, 5) is 8.24. The van der Waals surface area contributed by atoms with Gasteiger partial charge in [0, 0.05) is 31.0 Å². The molecule has 4 nitrogen and oxygen atoms in total. The van der Waals surface area contributed by atoms with Crippen molar-refractivity contribution in [3.05, 3.63) is 18.0 Å². The molecule has 0 bridgehead atoms. The van der Waals surface area contributed by atoms with Crippen LogP contribution in [0.2, 0.25) is 0 Å². The highest BCUT2D eigenvalue weighted by molar-refractivity contribution is 5.24. The zero-order valence-corrected chi connectivity index (χ0v) is 8.12. The van der Waals surface area contributed by atoms with Gasteiger partial charge in [-0.25, -0.2) is 9.97 Å². The molecule has 0 aromatic carbocycles. The van der Waals surface area contributed by atoms with Crippen molar-refractivity contribution < 1.29 is 0 Å². The van der Waals surface area contributed by atoms with Crippen LogP contribution in [0.15, 0.2) is 12.4 Å². The first kappa shape index (κ1) is 9.92. The molecule has 0 radical (unpaired) electrons. The first-order valence-corrected chi connectivity index (χ1v) is 4.47. The van der Waals surface area contributed by atoms with E-state index in [0.717, 1.165) is 12.1 Å². The summed E-state index contributed by atoms with van der Waals surface area (Å²) < 4.78 is 0. The van der Waals surface area contributed by atoms with E-state index in [4.69, 9.17) is 5.73 Å². The maximum Gasteiger partial charge on any atom is 0.222 e. The molecule has 0 fully saturated rings. The van der Waals surface area contributed by atoms with Gasteiger partial charge in [-0.2, -0.15) is 0 Å². The van der Waals surface area contributed by atoms with Gasteiger partial charge >= 0.3 is 0 Å². The van der Waals surface area contributed by atoms with Crippen LogP contribution in [0.1, 0.15) is 19.4 Å². The monoisotopic (exact) mass is 180 g/mol. The van der Waals surface area contributed by atoms with Gasteiger partial charge in [-0.15, -0.1) is 0 Å². The minimum Gasteiger partial charge on any atom is -0.354 e. The molecule has 0 aliphatic carbocycles. The highest BCUT2D eigenvalue weighted by Crippen LogP contribution is 2.00. The second-order valence-corrected chi connectivity index (χ2v) is 3.39. The van der Waals surface area contributed by atoms with Gasteiger partial charge in [0.1, 0.15) is 0 Å². The fraction of sp³-hybridized carbons (Fsp3) is 0.556. The van der Waals surface area contributed by atoms with Crippen LogP contribution >= 0.6 is 0 Å². The van der Waals surface area contributed by atoms with Gasteiger partial charge in [0.05, 0.1) is 0 Å². The molecule has 1 rings (SSSR count). The number of nitrogens with zero attached hydrogens (tertiary/aromatic N) is 2. The molecule has 1 aromatic rings. The average Bonchev–Trinajstić information content (AvgIpc) is 2.15. The molecule has 0 saturated carbocycles. The maximum atomic E-state index is 5.42. The van der Waals surface area contributed by atoms with E-state index in [1.807, 2.05) is 0 Å². The van der Waals surface area contributed by atoms with Crippen LogP contribution in [0.25, 0.3) is 0 Å². The summed E-state index contributed by atoms with van der Waals surface area (Å²) in [5.74, 6) is 1.27. The fourth-order valence-electron chi connectivity index (χ4n) is 0.847. The Hall–Kier alpha value is -1.16. The Labute approximate surface area is 78.6 Å². The first-order valence-electron chi connectivity index (χ1n) is 4.47. The number of nitrogens with one attached hydrogen (secondary N) is 1. The van der Waals surface area contributed by atoms with E-state index in [1.54, 1.807) is 12.4 Å². The summed E-state index contributed by atoms with van der Waals surface area (Å²) in [5, 5.41) is 3.13. The maximum absolute atomic E-state index is 5.42. The molecule has 0 aliphatic rings.